The lowest BCUT2D eigenvalue weighted by Gasteiger charge is -2.16. The van der Waals surface area contributed by atoms with Crippen LogP contribution in [0.3, 0.4) is 0 Å². The fourth-order valence-corrected chi connectivity index (χ4v) is 2.56. The van der Waals surface area contributed by atoms with Gasteiger partial charge in [0.2, 0.25) is 0 Å². The van der Waals surface area contributed by atoms with E-state index in [2.05, 4.69) is 0 Å². The summed E-state index contributed by atoms with van der Waals surface area (Å²) in [4.78, 5) is 0. The number of nitrogens with two attached hydrogens (primary N) is 1. The van der Waals surface area contributed by atoms with Gasteiger partial charge >= 0.3 is 0 Å². The highest BCUT2D eigenvalue weighted by Gasteiger charge is 2.19. The molecule has 0 bridgehead atoms. The van der Waals surface area contributed by atoms with Crippen molar-refractivity contribution in [2.45, 2.75) is 19.4 Å². The molecule has 0 aliphatic rings. The van der Waals surface area contributed by atoms with Crippen molar-refractivity contribution in [1.82, 2.24) is 0 Å². The molecule has 0 aliphatic carbocycles. The molecule has 1 unspecified atom stereocenters. The summed E-state index contributed by atoms with van der Waals surface area (Å²) in [5.41, 5.74) is 6.95. The fraction of sp³-hybridized carbons (Fsp3) is 0.200. The van der Waals surface area contributed by atoms with Gasteiger partial charge in [-0.15, -0.1) is 0 Å². The summed E-state index contributed by atoms with van der Waals surface area (Å²) in [6, 6.07) is 7.35. The van der Waals surface area contributed by atoms with Gasteiger partial charge in [-0.3, -0.25) is 0 Å². The first-order valence-electron chi connectivity index (χ1n) is 6.04. The SMILES string of the molecule is Cc1ccc(C(N)Cc2c(Cl)cccc2Cl)c(F)c1F. The standard InChI is InChI=1S/C15H13Cl2F2N/c1-8-5-6-9(15(19)14(8)18)13(20)7-10-11(16)3-2-4-12(10)17/h2-6,13H,7,20H2,1H3. The van der Waals surface area contributed by atoms with Crippen LogP contribution in [-0.4, -0.2) is 0 Å². The minimum atomic E-state index is -0.916. The number of rotatable bonds is 3. The largest absolute Gasteiger partial charge is 0.324 e. The summed E-state index contributed by atoms with van der Waals surface area (Å²) >= 11 is 12.1. The van der Waals surface area contributed by atoms with Gasteiger partial charge in [0.25, 0.3) is 0 Å². The van der Waals surface area contributed by atoms with Gasteiger partial charge in [-0.25, -0.2) is 8.78 Å². The monoisotopic (exact) mass is 315 g/mol. The molecule has 20 heavy (non-hydrogen) atoms. The van der Waals surface area contributed by atoms with Crippen molar-refractivity contribution in [2.75, 3.05) is 0 Å². The Morgan fingerprint density at radius 2 is 1.65 bits per heavy atom. The van der Waals surface area contributed by atoms with E-state index in [9.17, 15) is 8.78 Å². The Morgan fingerprint density at radius 3 is 2.25 bits per heavy atom. The highest BCUT2D eigenvalue weighted by Crippen LogP contribution is 2.30. The molecule has 0 radical (unpaired) electrons. The smallest absolute Gasteiger partial charge is 0.163 e. The van der Waals surface area contributed by atoms with Gasteiger partial charge < -0.3 is 5.73 Å². The molecule has 0 aromatic heterocycles. The summed E-state index contributed by atoms with van der Waals surface area (Å²) < 4.78 is 27.5. The van der Waals surface area contributed by atoms with Gasteiger partial charge in [-0.05, 0) is 36.6 Å². The molecule has 2 aromatic rings. The maximum atomic E-state index is 13.9. The normalized spacial score (nSPS) is 12.5. The van der Waals surface area contributed by atoms with Crippen molar-refractivity contribution in [3.63, 3.8) is 0 Å². The van der Waals surface area contributed by atoms with Crippen LogP contribution in [0.1, 0.15) is 22.7 Å². The van der Waals surface area contributed by atoms with E-state index in [1.807, 2.05) is 0 Å². The van der Waals surface area contributed by atoms with Crippen molar-refractivity contribution in [1.29, 1.82) is 0 Å². The Balaban J connectivity index is 2.34. The molecule has 0 aliphatic heterocycles. The third-order valence-corrected chi connectivity index (χ3v) is 3.90. The Bertz CT molecular complexity index is 624. The van der Waals surface area contributed by atoms with E-state index in [1.165, 1.54) is 19.1 Å². The number of benzene rings is 2. The molecule has 1 atom stereocenters. The second-order valence-electron chi connectivity index (χ2n) is 4.61. The molecule has 106 valence electrons. The average molecular weight is 316 g/mol. The topological polar surface area (TPSA) is 26.0 Å². The summed E-state index contributed by atoms with van der Waals surface area (Å²) in [6.45, 7) is 1.50. The molecule has 1 nitrogen and oxygen atoms in total. The second-order valence-corrected chi connectivity index (χ2v) is 5.42. The van der Waals surface area contributed by atoms with Crippen LogP contribution < -0.4 is 5.73 Å². The number of hydrogen-bond donors (Lipinski definition) is 1. The summed E-state index contributed by atoms with van der Waals surface area (Å²) in [6.07, 6.45) is 0.234. The molecular weight excluding hydrogens is 303 g/mol. The van der Waals surface area contributed by atoms with Crippen LogP contribution in [0.15, 0.2) is 30.3 Å². The quantitative estimate of drug-likeness (QED) is 0.863. The lowest BCUT2D eigenvalue weighted by Crippen LogP contribution is -2.16. The molecule has 0 heterocycles. The van der Waals surface area contributed by atoms with Crippen molar-refractivity contribution >= 4 is 23.2 Å². The van der Waals surface area contributed by atoms with E-state index >= 15 is 0 Å². The molecule has 2 rings (SSSR count). The third kappa shape index (κ3) is 2.95. The van der Waals surface area contributed by atoms with Crippen LogP contribution in [0.5, 0.6) is 0 Å². The molecule has 0 saturated heterocycles. The van der Waals surface area contributed by atoms with Crippen molar-refractivity contribution in [3.8, 4) is 0 Å². The highest BCUT2D eigenvalue weighted by molar-refractivity contribution is 6.36. The minimum Gasteiger partial charge on any atom is -0.324 e. The Labute approximate surface area is 126 Å². The first-order valence-corrected chi connectivity index (χ1v) is 6.80. The Hall–Kier alpha value is -1.16. The molecule has 2 aromatic carbocycles. The third-order valence-electron chi connectivity index (χ3n) is 3.19. The zero-order valence-electron chi connectivity index (χ0n) is 10.8. The maximum absolute atomic E-state index is 13.9. The number of halogens is 4. The highest BCUT2D eigenvalue weighted by atomic mass is 35.5. The number of hydrogen-bond acceptors (Lipinski definition) is 1. The molecular formula is C15H13Cl2F2N. The Kier molecular flexibility index (Phi) is 4.63. The lowest BCUT2D eigenvalue weighted by atomic mass is 9.98. The first-order chi connectivity index (χ1) is 9.41. The van der Waals surface area contributed by atoms with Crippen molar-refractivity contribution in [2.24, 2.45) is 5.73 Å². The van der Waals surface area contributed by atoms with Gasteiger partial charge in [0.1, 0.15) is 0 Å². The maximum Gasteiger partial charge on any atom is 0.163 e. The van der Waals surface area contributed by atoms with Gasteiger partial charge in [0.15, 0.2) is 11.6 Å². The minimum absolute atomic E-state index is 0.115. The molecule has 0 saturated carbocycles. The summed E-state index contributed by atoms with van der Waals surface area (Å²) in [5, 5.41) is 0.918. The Morgan fingerprint density at radius 1 is 1.05 bits per heavy atom. The number of aryl methyl sites for hydroxylation is 1. The van der Waals surface area contributed by atoms with Crippen molar-refractivity contribution < 1.29 is 8.78 Å². The van der Waals surface area contributed by atoms with Gasteiger partial charge in [0.05, 0.1) is 0 Å². The van der Waals surface area contributed by atoms with Crippen LogP contribution in [0.4, 0.5) is 8.78 Å². The predicted octanol–water partition coefficient (Wildman–Crippen LogP) is 4.82. The second kappa shape index (κ2) is 6.08. The lowest BCUT2D eigenvalue weighted by molar-refractivity contribution is 0.483. The molecule has 0 amide bonds. The van der Waals surface area contributed by atoms with E-state index in [4.69, 9.17) is 28.9 Å². The molecule has 0 spiro atoms. The molecule has 0 fully saturated rings. The zero-order chi connectivity index (χ0) is 14.9. The van der Waals surface area contributed by atoms with E-state index in [0.29, 0.717) is 15.6 Å². The van der Waals surface area contributed by atoms with Crippen LogP contribution in [-0.2, 0) is 6.42 Å². The average Bonchev–Trinajstić information content (AvgIpc) is 2.40. The van der Waals surface area contributed by atoms with Crippen LogP contribution in [0.2, 0.25) is 10.0 Å². The fourth-order valence-electron chi connectivity index (χ4n) is 2.00. The predicted molar refractivity (Wildman–Crippen MR) is 78.2 cm³/mol. The van der Waals surface area contributed by atoms with Gasteiger partial charge in [-0.2, -0.15) is 0 Å². The summed E-state index contributed by atoms with van der Waals surface area (Å²) in [5.74, 6) is -1.79. The van der Waals surface area contributed by atoms with Crippen LogP contribution in [0, 0.1) is 18.6 Å². The van der Waals surface area contributed by atoms with Crippen molar-refractivity contribution in [3.05, 3.63) is 68.7 Å². The van der Waals surface area contributed by atoms with E-state index in [0.717, 1.165) is 0 Å². The van der Waals surface area contributed by atoms with E-state index < -0.39 is 17.7 Å². The van der Waals surface area contributed by atoms with Gasteiger partial charge in [0, 0.05) is 21.7 Å². The molecule has 2 N–H and O–H groups in total. The van der Waals surface area contributed by atoms with Gasteiger partial charge in [-0.1, -0.05) is 41.4 Å². The van der Waals surface area contributed by atoms with E-state index in [-0.39, 0.29) is 17.5 Å². The van der Waals surface area contributed by atoms with E-state index in [1.54, 1.807) is 18.2 Å². The summed E-state index contributed by atoms with van der Waals surface area (Å²) in [7, 11) is 0. The zero-order valence-corrected chi connectivity index (χ0v) is 12.3. The van der Waals surface area contributed by atoms with Crippen LogP contribution >= 0.6 is 23.2 Å². The first kappa shape index (κ1) is 15.2. The van der Waals surface area contributed by atoms with Crippen LogP contribution in [0.25, 0.3) is 0 Å². The molecule has 5 heteroatoms.